The van der Waals surface area contributed by atoms with Gasteiger partial charge in [0.05, 0.1) is 12.1 Å². The number of oxazole rings is 1. The summed E-state index contributed by atoms with van der Waals surface area (Å²) in [6, 6.07) is 5.13. The number of nitrogens with zero attached hydrogens (tertiary/aromatic N) is 3. The van der Waals surface area contributed by atoms with Gasteiger partial charge in [0.1, 0.15) is 11.6 Å². The van der Waals surface area contributed by atoms with Crippen molar-refractivity contribution in [3.8, 4) is 0 Å². The van der Waals surface area contributed by atoms with E-state index in [4.69, 9.17) is 4.42 Å². The fourth-order valence-electron chi connectivity index (χ4n) is 4.27. The van der Waals surface area contributed by atoms with Crippen molar-refractivity contribution in [2.24, 2.45) is 5.41 Å². The van der Waals surface area contributed by atoms with Crippen molar-refractivity contribution in [3.05, 3.63) is 51.9 Å². The zero-order valence-electron chi connectivity index (χ0n) is 13.9. The second kappa shape index (κ2) is 5.93. The van der Waals surface area contributed by atoms with Gasteiger partial charge in [0.2, 0.25) is 0 Å². The molecular formula is C18H21BrFN3O. The van der Waals surface area contributed by atoms with E-state index in [9.17, 15) is 4.39 Å². The first-order valence-corrected chi connectivity index (χ1v) is 9.02. The number of hydrogen-bond donors (Lipinski definition) is 0. The monoisotopic (exact) mass is 393 g/mol. The lowest BCUT2D eigenvalue weighted by Gasteiger charge is -2.50. The number of likely N-dealkylation sites (tertiary alicyclic amines) is 2. The van der Waals surface area contributed by atoms with E-state index in [2.05, 4.69) is 37.8 Å². The highest BCUT2D eigenvalue weighted by atomic mass is 79.9. The molecule has 0 aliphatic carbocycles. The third-order valence-corrected chi connectivity index (χ3v) is 5.73. The van der Waals surface area contributed by atoms with Gasteiger partial charge in [-0.05, 0) is 32.2 Å². The Balaban J connectivity index is 1.49. The molecule has 2 aromatic rings. The summed E-state index contributed by atoms with van der Waals surface area (Å²) in [4.78, 5) is 9.13. The van der Waals surface area contributed by atoms with Crippen LogP contribution in [0.1, 0.15) is 23.1 Å². The zero-order chi connectivity index (χ0) is 16.9. The van der Waals surface area contributed by atoms with E-state index in [-0.39, 0.29) is 11.2 Å². The van der Waals surface area contributed by atoms with Gasteiger partial charge in [-0.25, -0.2) is 9.37 Å². The molecular weight excluding hydrogens is 373 g/mol. The molecule has 2 aliphatic rings. The molecule has 1 aromatic carbocycles. The standard InChI is InChI=1S/C18H21BrFN3O/c1-12-6-21-17(24-12)15-8-22(2)9-18(15)10-23(11-18)7-13-5-14(19)3-4-16(13)20/h3-6,15H,7-11H2,1-2H3. The van der Waals surface area contributed by atoms with Crippen molar-refractivity contribution < 1.29 is 8.81 Å². The van der Waals surface area contributed by atoms with Crippen molar-refractivity contribution in [2.45, 2.75) is 19.4 Å². The average molecular weight is 394 g/mol. The fraction of sp³-hybridized carbons (Fsp3) is 0.500. The van der Waals surface area contributed by atoms with Crippen molar-refractivity contribution >= 4 is 15.9 Å². The molecule has 0 radical (unpaired) electrons. The van der Waals surface area contributed by atoms with E-state index >= 15 is 0 Å². The van der Waals surface area contributed by atoms with Crippen molar-refractivity contribution in [3.63, 3.8) is 0 Å². The van der Waals surface area contributed by atoms with Crippen molar-refractivity contribution in [1.82, 2.24) is 14.8 Å². The maximum absolute atomic E-state index is 14.0. The van der Waals surface area contributed by atoms with Crippen LogP contribution in [0.2, 0.25) is 0 Å². The van der Waals surface area contributed by atoms with Gasteiger partial charge in [-0.3, -0.25) is 4.90 Å². The van der Waals surface area contributed by atoms with Gasteiger partial charge in [-0.15, -0.1) is 0 Å². The van der Waals surface area contributed by atoms with Gasteiger partial charge in [-0.2, -0.15) is 0 Å². The minimum Gasteiger partial charge on any atom is -0.446 e. The Labute approximate surface area is 149 Å². The number of likely N-dealkylation sites (N-methyl/N-ethyl adjacent to an activating group) is 1. The first-order valence-electron chi connectivity index (χ1n) is 8.22. The van der Waals surface area contributed by atoms with E-state index in [1.54, 1.807) is 12.3 Å². The van der Waals surface area contributed by atoms with Crippen molar-refractivity contribution in [2.75, 3.05) is 33.2 Å². The summed E-state index contributed by atoms with van der Waals surface area (Å²) >= 11 is 3.42. The molecule has 24 heavy (non-hydrogen) atoms. The summed E-state index contributed by atoms with van der Waals surface area (Å²) in [7, 11) is 2.15. The molecule has 0 bridgehead atoms. The number of aromatic nitrogens is 1. The summed E-state index contributed by atoms with van der Waals surface area (Å²) in [5, 5.41) is 0. The number of rotatable bonds is 3. The number of aryl methyl sites for hydroxylation is 1. The van der Waals surface area contributed by atoms with E-state index in [0.717, 1.165) is 47.9 Å². The van der Waals surface area contributed by atoms with Crippen LogP contribution < -0.4 is 0 Å². The Morgan fingerprint density at radius 3 is 2.88 bits per heavy atom. The summed E-state index contributed by atoms with van der Waals surface area (Å²) < 4.78 is 20.7. The predicted molar refractivity (Wildman–Crippen MR) is 93.3 cm³/mol. The van der Waals surface area contributed by atoms with Crippen LogP contribution in [-0.2, 0) is 6.54 Å². The molecule has 0 amide bonds. The lowest BCUT2D eigenvalue weighted by atomic mass is 9.71. The van der Waals surface area contributed by atoms with Gasteiger partial charge in [0, 0.05) is 48.2 Å². The second-order valence-corrected chi connectivity index (χ2v) is 8.22. The minimum atomic E-state index is -0.137. The smallest absolute Gasteiger partial charge is 0.199 e. The SMILES string of the molecule is Cc1cnc(C2CN(C)CC23CN(Cc2cc(Br)ccc2F)C3)o1. The zero-order valence-corrected chi connectivity index (χ0v) is 15.5. The number of halogens is 2. The molecule has 2 aliphatic heterocycles. The second-order valence-electron chi connectivity index (χ2n) is 7.30. The lowest BCUT2D eigenvalue weighted by Crippen LogP contribution is -2.59. The van der Waals surface area contributed by atoms with Gasteiger partial charge >= 0.3 is 0 Å². The van der Waals surface area contributed by atoms with Gasteiger partial charge < -0.3 is 9.32 Å². The van der Waals surface area contributed by atoms with Crippen LogP contribution in [0.15, 0.2) is 33.3 Å². The van der Waals surface area contributed by atoms with Crippen LogP contribution in [0.4, 0.5) is 4.39 Å². The first-order chi connectivity index (χ1) is 11.4. The molecule has 2 saturated heterocycles. The van der Waals surface area contributed by atoms with Gasteiger partial charge in [0.25, 0.3) is 0 Å². The molecule has 4 nitrogen and oxygen atoms in total. The van der Waals surface area contributed by atoms with Gasteiger partial charge in [-0.1, -0.05) is 15.9 Å². The Bertz CT molecular complexity index is 756. The third-order valence-electron chi connectivity index (χ3n) is 5.23. The molecule has 3 heterocycles. The summed E-state index contributed by atoms with van der Waals surface area (Å²) in [6.07, 6.45) is 1.80. The Hall–Kier alpha value is -1.24. The highest BCUT2D eigenvalue weighted by Gasteiger charge is 2.55. The van der Waals surface area contributed by atoms with E-state index in [0.29, 0.717) is 12.5 Å². The van der Waals surface area contributed by atoms with Crippen LogP contribution in [0.3, 0.4) is 0 Å². The number of hydrogen-bond acceptors (Lipinski definition) is 4. The lowest BCUT2D eigenvalue weighted by molar-refractivity contribution is -0.0134. The maximum Gasteiger partial charge on any atom is 0.199 e. The summed E-state index contributed by atoms with van der Waals surface area (Å²) in [5.74, 6) is 1.90. The first kappa shape index (κ1) is 16.2. The molecule has 4 rings (SSSR count). The highest BCUT2D eigenvalue weighted by Crippen LogP contribution is 2.48. The molecule has 1 atom stereocenters. The van der Waals surface area contributed by atoms with Crippen LogP contribution in [0.25, 0.3) is 0 Å². The molecule has 128 valence electrons. The molecule has 2 fully saturated rings. The van der Waals surface area contributed by atoms with E-state index in [1.165, 1.54) is 6.07 Å². The number of benzene rings is 1. The molecule has 1 unspecified atom stereocenters. The van der Waals surface area contributed by atoms with Crippen LogP contribution >= 0.6 is 15.9 Å². The molecule has 0 saturated carbocycles. The Kier molecular flexibility index (Phi) is 4.01. The fourth-order valence-corrected chi connectivity index (χ4v) is 4.68. The summed E-state index contributed by atoms with van der Waals surface area (Å²) in [5.41, 5.74) is 0.920. The predicted octanol–water partition coefficient (Wildman–Crippen LogP) is 3.42. The third kappa shape index (κ3) is 2.80. The van der Waals surface area contributed by atoms with E-state index < -0.39 is 0 Å². The average Bonchev–Trinajstić information content (AvgIpc) is 3.06. The van der Waals surface area contributed by atoms with Crippen LogP contribution in [0.5, 0.6) is 0 Å². The topological polar surface area (TPSA) is 32.5 Å². The maximum atomic E-state index is 14.0. The minimum absolute atomic E-state index is 0.137. The Morgan fingerprint density at radius 2 is 2.17 bits per heavy atom. The van der Waals surface area contributed by atoms with Gasteiger partial charge in [0.15, 0.2) is 5.89 Å². The highest BCUT2D eigenvalue weighted by molar-refractivity contribution is 9.10. The van der Waals surface area contributed by atoms with Crippen LogP contribution in [0, 0.1) is 18.2 Å². The summed E-state index contributed by atoms with van der Waals surface area (Å²) in [6.45, 7) is 6.50. The largest absolute Gasteiger partial charge is 0.446 e. The normalized spacial score (nSPS) is 23.8. The molecule has 1 aromatic heterocycles. The van der Waals surface area contributed by atoms with Crippen LogP contribution in [-0.4, -0.2) is 48.0 Å². The molecule has 0 N–H and O–H groups in total. The molecule has 6 heteroatoms. The quantitative estimate of drug-likeness (QED) is 0.799. The Morgan fingerprint density at radius 1 is 1.38 bits per heavy atom. The van der Waals surface area contributed by atoms with Crippen molar-refractivity contribution in [1.29, 1.82) is 0 Å². The van der Waals surface area contributed by atoms with E-state index in [1.807, 2.05) is 13.0 Å². The molecule has 1 spiro atoms.